The number of amides is 9. The van der Waals surface area contributed by atoms with Crippen molar-refractivity contribution in [2.45, 2.75) is 159 Å². The molecule has 24 heteroatoms. The van der Waals surface area contributed by atoms with Gasteiger partial charge in [0, 0.05) is 6.42 Å². The van der Waals surface area contributed by atoms with Gasteiger partial charge in [0.2, 0.25) is 5.91 Å². The number of carbonyl (C=O) groups excluding carboxylic acids is 10. The highest BCUT2D eigenvalue weighted by Crippen LogP contribution is 2.29. The minimum atomic E-state index is -1.52. The van der Waals surface area contributed by atoms with Crippen molar-refractivity contribution in [2.75, 3.05) is 0 Å². The molecule has 0 saturated carbocycles. The number of benzene rings is 5. The molecule has 0 unspecified atom stereocenters. The molecule has 468 valence electrons. The van der Waals surface area contributed by atoms with E-state index in [1.807, 2.05) is 0 Å². The fourth-order valence-electron chi connectivity index (χ4n) is 11.1. The number of hydrogen-bond acceptors (Lipinski definition) is 19. The van der Waals surface area contributed by atoms with E-state index in [9.17, 15) is 33.6 Å². The van der Waals surface area contributed by atoms with Gasteiger partial charge in [0.1, 0.15) is 61.2 Å². The Labute approximate surface area is 514 Å². The first-order chi connectivity index (χ1) is 42.5. The van der Waals surface area contributed by atoms with Gasteiger partial charge >= 0.3 is 36.4 Å². The Hall–Kier alpha value is -9.52. The Bertz CT molecular complexity index is 3380. The van der Waals surface area contributed by atoms with Crippen LogP contribution in [-0.4, -0.2) is 158 Å². The molecule has 9 amide bonds. The number of esters is 1. The Morgan fingerprint density at radius 2 is 0.697 bits per heavy atom. The van der Waals surface area contributed by atoms with E-state index in [1.54, 1.807) is 172 Å². The minimum absolute atomic E-state index is 0.0795. The average molecular weight is 1220 g/mol. The normalized spacial score (nSPS) is 22.9. The van der Waals surface area contributed by atoms with Gasteiger partial charge in [-0.25, -0.2) is 48.4 Å². The Kier molecular flexibility index (Phi) is 20.2. The van der Waals surface area contributed by atoms with E-state index in [0.717, 1.165) is 14.7 Å². The van der Waals surface area contributed by atoms with Gasteiger partial charge in [-0.15, -0.1) is 0 Å². The molecule has 9 rings (SSSR count). The van der Waals surface area contributed by atoms with Crippen LogP contribution in [0.4, 0.5) is 24.0 Å². The number of hydrogen-bond donors (Lipinski definition) is 4. The largest absolute Gasteiger partial charge is 0.459 e. The predicted molar refractivity (Wildman–Crippen MR) is 317 cm³/mol. The van der Waals surface area contributed by atoms with Crippen molar-refractivity contribution in [1.29, 1.82) is 0 Å². The van der Waals surface area contributed by atoms with Crippen LogP contribution < -0.4 is 21.3 Å². The summed E-state index contributed by atoms with van der Waals surface area (Å²) < 4.78 is 33.7. The maximum atomic E-state index is 15.6. The summed E-state index contributed by atoms with van der Waals surface area (Å²) in [5.41, 5.74) is 2.08. The van der Waals surface area contributed by atoms with Crippen molar-refractivity contribution < 1.29 is 76.4 Å². The highest BCUT2D eigenvalue weighted by molar-refractivity contribution is 6.02. The standard InChI is InChI=1S/C65H72N8O16/c1-38-51(59(78)84-37-46-31-21-12-22-32-46)70(61(80)85-38)55(74)47(33-42-23-13-8-14-24-42)66-52-39(2)86-62(81)71(52)56(75)48(34-43-25-15-9-16-26-43)67-53-40(3)87-63(82)72(53)57(76)49(35-44-27-17-10-18-28-44)68-54-41(4)88-64(83)73(54)58(77)50(36-45-29-19-11-20-30-45)69-60(79)89-65(5,6)7/h8-32,38-41,47-54,66-68H,33-37H2,1-7H3,(H,69,79)/t38-,39-,40-,41-,47-,48-,49-,50-,51+,52+,53+,54+/m0/s1. The van der Waals surface area contributed by atoms with Crippen molar-refractivity contribution in [3.63, 3.8) is 0 Å². The second-order valence-corrected chi connectivity index (χ2v) is 23.2. The molecule has 0 aromatic heterocycles. The molecular formula is C65H72N8O16. The zero-order valence-corrected chi connectivity index (χ0v) is 50.2. The maximum Gasteiger partial charge on any atom is 0.418 e. The molecule has 0 aliphatic carbocycles. The molecule has 89 heavy (non-hydrogen) atoms. The first-order valence-corrected chi connectivity index (χ1v) is 29.3. The molecule has 0 radical (unpaired) electrons. The lowest BCUT2D eigenvalue weighted by molar-refractivity contribution is -0.154. The van der Waals surface area contributed by atoms with Crippen molar-refractivity contribution in [3.05, 3.63) is 179 Å². The van der Waals surface area contributed by atoms with Crippen LogP contribution in [-0.2, 0) is 84.7 Å². The van der Waals surface area contributed by atoms with E-state index in [4.69, 9.17) is 28.4 Å². The summed E-state index contributed by atoms with van der Waals surface area (Å²) in [6.45, 7) is 10.7. The van der Waals surface area contributed by atoms with E-state index in [-0.39, 0.29) is 32.3 Å². The number of cyclic esters (lactones) is 4. The molecule has 4 aliphatic rings. The molecule has 5 aromatic carbocycles. The molecule has 4 N–H and O–H groups in total. The van der Waals surface area contributed by atoms with Gasteiger partial charge in [-0.05, 0) is 95.5 Å². The minimum Gasteiger partial charge on any atom is -0.459 e. The van der Waals surface area contributed by atoms with E-state index >= 15 is 14.4 Å². The summed E-state index contributed by atoms with van der Waals surface area (Å²) in [4.78, 5) is 147. The molecular weight excluding hydrogens is 1150 g/mol. The lowest BCUT2D eigenvalue weighted by Gasteiger charge is -2.34. The number of nitrogens with one attached hydrogen (secondary N) is 4. The molecule has 5 aromatic rings. The molecule has 0 spiro atoms. The number of ether oxygens (including phenoxy) is 6. The van der Waals surface area contributed by atoms with Crippen molar-refractivity contribution in [3.8, 4) is 0 Å². The maximum absolute atomic E-state index is 15.6. The number of imide groups is 4. The van der Waals surface area contributed by atoms with E-state index in [0.29, 0.717) is 32.7 Å². The summed E-state index contributed by atoms with van der Waals surface area (Å²) >= 11 is 0. The monoisotopic (exact) mass is 1220 g/mol. The lowest BCUT2D eigenvalue weighted by Crippen LogP contribution is -2.65. The fourth-order valence-corrected chi connectivity index (χ4v) is 11.1. The second kappa shape index (κ2) is 28.1. The number of nitrogens with zero attached hydrogens (tertiary/aromatic N) is 4. The van der Waals surface area contributed by atoms with Crippen molar-refractivity contribution in [2.24, 2.45) is 0 Å². The molecule has 4 saturated heterocycles. The first kappa shape index (κ1) is 64.0. The van der Waals surface area contributed by atoms with Gasteiger partial charge in [-0.2, -0.15) is 0 Å². The molecule has 12 atom stereocenters. The van der Waals surface area contributed by atoms with E-state index in [2.05, 4.69) is 21.3 Å². The summed E-state index contributed by atoms with van der Waals surface area (Å²) in [6, 6.07) is 36.3. The smallest absolute Gasteiger partial charge is 0.418 e. The fraction of sp³-hybridized carbons (Fsp3) is 0.385. The van der Waals surface area contributed by atoms with Crippen molar-refractivity contribution >= 4 is 60.1 Å². The number of rotatable bonds is 22. The first-order valence-electron chi connectivity index (χ1n) is 29.3. The Balaban J connectivity index is 1.01. The van der Waals surface area contributed by atoms with Crippen LogP contribution in [0.25, 0.3) is 0 Å². The molecule has 0 bridgehead atoms. The third-order valence-corrected chi connectivity index (χ3v) is 15.4. The Morgan fingerprint density at radius 3 is 1.03 bits per heavy atom. The highest BCUT2D eigenvalue weighted by Gasteiger charge is 2.55. The highest BCUT2D eigenvalue weighted by atomic mass is 16.6. The van der Waals surface area contributed by atoms with Crippen LogP contribution in [0.3, 0.4) is 0 Å². The van der Waals surface area contributed by atoms with Gasteiger partial charge in [0.25, 0.3) is 17.7 Å². The third kappa shape index (κ3) is 15.4. The summed E-state index contributed by atoms with van der Waals surface area (Å²) in [5, 5.41) is 12.1. The number of alkyl carbamates (subject to hydrolysis) is 1. The van der Waals surface area contributed by atoms with E-state index in [1.165, 1.54) is 27.7 Å². The molecule has 4 heterocycles. The van der Waals surface area contributed by atoms with Crippen LogP contribution in [0.15, 0.2) is 152 Å². The van der Waals surface area contributed by atoms with Crippen LogP contribution in [0.1, 0.15) is 76.3 Å². The summed E-state index contributed by atoms with van der Waals surface area (Å²) in [5.74, 6) is -4.61. The van der Waals surface area contributed by atoms with Gasteiger partial charge in [-0.1, -0.05) is 152 Å². The lowest BCUT2D eigenvalue weighted by atomic mass is 10.0. The van der Waals surface area contributed by atoms with Gasteiger partial charge in [0.05, 0.1) is 18.1 Å². The Morgan fingerprint density at radius 1 is 0.416 bits per heavy atom. The summed E-state index contributed by atoms with van der Waals surface area (Å²) in [7, 11) is 0. The SMILES string of the molecule is C[C@@H]1OC(=O)N(C(=O)[C@H](Cc2ccccc2)NC(=O)OC(C)(C)C)[C@H]1N[C@@H](Cc1ccccc1)C(=O)N1C(=O)O[C@@H](C)[C@@H]1N[C@@H](Cc1ccccc1)C(=O)N1C(=O)O[C@@H](C)[C@@H]1N[C@@H](Cc1ccccc1)C(=O)N1C(=O)O[C@@H](C)[C@@H]1C(=O)OCc1ccccc1. The molecule has 24 nitrogen and oxygen atoms in total. The number of carbonyl (C=O) groups is 10. The van der Waals surface area contributed by atoms with Gasteiger partial charge in [-0.3, -0.25) is 35.1 Å². The predicted octanol–water partition coefficient (Wildman–Crippen LogP) is 6.28. The van der Waals surface area contributed by atoms with Crippen LogP contribution in [0.5, 0.6) is 0 Å². The van der Waals surface area contributed by atoms with Gasteiger partial charge < -0.3 is 33.7 Å². The molecule has 4 fully saturated rings. The van der Waals surface area contributed by atoms with E-state index < -0.39 is 139 Å². The summed E-state index contributed by atoms with van der Waals surface area (Å²) in [6.07, 6.45) is -14.7. The zero-order chi connectivity index (χ0) is 63.7. The second-order valence-electron chi connectivity index (χ2n) is 23.2. The quantitative estimate of drug-likeness (QED) is 0.0438. The van der Waals surface area contributed by atoms with Crippen LogP contribution >= 0.6 is 0 Å². The van der Waals surface area contributed by atoms with Crippen molar-refractivity contribution in [1.82, 2.24) is 40.9 Å². The van der Waals surface area contributed by atoms with Crippen LogP contribution in [0.2, 0.25) is 0 Å². The van der Waals surface area contributed by atoms with Crippen LogP contribution in [0, 0.1) is 0 Å². The zero-order valence-electron chi connectivity index (χ0n) is 50.2. The molecule has 4 aliphatic heterocycles. The average Bonchev–Trinajstić information content (AvgIpc) is 2.04. The topological polar surface area (TPSA) is 287 Å². The van der Waals surface area contributed by atoms with Gasteiger partial charge in [0.15, 0.2) is 6.04 Å². The third-order valence-electron chi connectivity index (χ3n) is 15.4.